The molecule has 0 spiro atoms. The van der Waals surface area contributed by atoms with Gasteiger partial charge in [-0.1, -0.05) is 12.1 Å². The lowest BCUT2D eigenvalue weighted by Gasteiger charge is -2.23. The third kappa shape index (κ3) is 2.32. The second-order valence-electron chi connectivity index (χ2n) is 3.30. The van der Waals surface area contributed by atoms with Gasteiger partial charge in [0.1, 0.15) is 0 Å². The number of hydrogen-bond acceptors (Lipinski definition) is 1. The van der Waals surface area contributed by atoms with E-state index < -0.39 is 17.4 Å². The molecule has 2 nitrogen and oxygen atoms in total. The lowest BCUT2D eigenvalue weighted by atomic mass is 10.0. The fraction of sp³-hybridized carbons (Fsp3) is 0.300. The Morgan fingerprint density at radius 3 is 2.00 bits per heavy atom. The molecule has 0 atom stereocenters. The second-order valence-corrected chi connectivity index (χ2v) is 3.30. The Labute approximate surface area is 89.3 Å². The summed E-state index contributed by atoms with van der Waals surface area (Å²) < 4.78 is 51.5. The number of alkyl halides is 4. The van der Waals surface area contributed by atoms with Gasteiger partial charge in [-0.2, -0.15) is 17.6 Å². The van der Waals surface area contributed by atoms with E-state index in [1.54, 1.807) is 0 Å². The molecule has 0 aliphatic rings. The fourth-order valence-corrected chi connectivity index (χ4v) is 1.10. The van der Waals surface area contributed by atoms with E-state index in [2.05, 4.69) is 5.32 Å². The molecule has 16 heavy (non-hydrogen) atoms. The Morgan fingerprint density at radius 2 is 1.62 bits per heavy atom. The SMILES string of the molecule is CC(F)(F)C(F)(F)c1ccc(NC=O)cc1. The molecule has 1 rings (SSSR count). The van der Waals surface area contributed by atoms with Gasteiger partial charge in [0.05, 0.1) is 0 Å². The van der Waals surface area contributed by atoms with E-state index in [9.17, 15) is 22.4 Å². The van der Waals surface area contributed by atoms with E-state index in [0.717, 1.165) is 24.3 Å². The summed E-state index contributed by atoms with van der Waals surface area (Å²) in [5.74, 6) is -8.36. The number of benzene rings is 1. The average molecular weight is 235 g/mol. The highest BCUT2D eigenvalue weighted by molar-refractivity contribution is 5.71. The largest absolute Gasteiger partial charge is 0.335 e. The molecule has 0 aliphatic heterocycles. The highest BCUT2D eigenvalue weighted by Crippen LogP contribution is 2.42. The van der Waals surface area contributed by atoms with Crippen LogP contribution in [-0.4, -0.2) is 12.3 Å². The van der Waals surface area contributed by atoms with E-state index >= 15 is 0 Å². The van der Waals surface area contributed by atoms with Crippen molar-refractivity contribution in [2.75, 3.05) is 5.32 Å². The first-order valence-electron chi connectivity index (χ1n) is 4.35. The van der Waals surface area contributed by atoms with Crippen LogP contribution >= 0.6 is 0 Å². The summed E-state index contributed by atoms with van der Waals surface area (Å²) in [6.07, 6.45) is 0.363. The molecule has 1 amide bonds. The number of nitrogens with one attached hydrogen (secondary N) is 1. The van der Waals surface area contributed by atoms with E-state index in [4.69, 9.17) is 0 Å². The molecule has 0 aromatic heterocycles. The summed E-state index contributed by atoms with van der Waals surface area (Å²) in [4.78, 5) is 10.0. The van der Waals surface area contributed by atoms with E-state index in [-0.39, 0.29) is 12.6 Å². The zero-order valence-electron chi connectivity index (χ0n) is 8.31. The monoisotopic (exact) mass is 235 g/mol. The molecule has 0 saturated carbocycles. The maximum Gasteiger partial charge on any atom is 0.335 e. The van der Waals surface area contributed by atoms with Gasteiger partial charge in [0.2, 0.25) is 6.41 Å². The first kappa shape index (κ1) is 12.5. The van der Waals surface area contributed by atoms with Crippen LogP contribution in [0.3, 0.4) is 0 Å². The lowest BCUT2D eigenvalue weighted by molar-refractivity contribution is -0.204. The Bertz CT molecular complexity index is 369. The van der Waals surface area contributed by atoms with Gasteiger partial charge in [-0.05, 0) is 12.1 Å². The van der Waals surface area contributed by atoms with Crippen molar-refractivity contribution < 1.29 is 22.4 Å². The Hall–Kier alpha value is -1.59. The van der Waals surface area contributed by atoms with Gasteiger partial charge in [0.15, 0.2) is 0 Å². The standard InChI is InChI=1S/C10H9F4NO/c1-9(11,12)10(13,14)7-2-4-8(5-3-7)15-6-16/h2-6H,1H3,(H,15,16). The van der Waals surface area contributed by atoms with Crippen molar-refractivity contribution in [1.82, 2.24) is 0 Å². The lowest BCUT2D eigenvalue weighted by Crippen LogP contribution is -2.34. The van der Waals surface area contributed by atoms with E-state index in [0.29, 0.717) is 6.41 Å². The van der Waals surface area contributed by atoms with E-state index in [1.807, 2.05) is 0 Å². The van der Waals surface area contributed by atoms with Gasteiger partial charge in [-0.3, -0.25) is 4.79 Å². The van der Waals surface area contributed by atoms with Crippen LogP contribution in [0, 0.1) is 0 Å². The topological polar surface area (TPSA) is 29.1 Å². The molecule has 0 fully saturated rings. The van der Waals surface area contributed by atoms with Crippen molar-refractivity contribution in [3.05, 3.63) is 29.8 Å². The molecule has 0 radical (unpaired) electrons. The first-order valence-corrected chi connectivity index (χ1v) is 4.35. The predicted octanol–water partition coefficient (Wildman–Crippen LogP) is 3.00. The highest BCUT2D eigenvalue weighted by atomic mass is 19.3. The molecule has 0 heterocycles. The summed E-state index contributed by atoms with van der Waals surface area (Å²) in [5, 5.41) is 2.21. The van der Waals surface area contributed by atoms with Crippen LogP contribution < -0.4 is 5.32 Å². The van der Waals surface area contributed by atoms with Crippen LogP contribution in [-0.2, 0) is 10.7 Å². The molecular weight excluding hydrogens is 226 g/mol. The number of anilines is 1. The molecule has 1 aromatic rings. The molecule has 0 aliphatic carbocycles. The van der Waals surface area contributed by atoms with Gasteiger partial charge >= 0.3 is 11.8 Å². The zero-order chi connectivity index (χ0) is 12.4. The third-order valence-corrected chi connectivity index (χ3v) is 2.02. The summed E-state index contributed by atoms with van der Waals surface area (Å²) in [6.45, 7) is 0.157. The summed E-state index contributed by atoms with van der Waals surface area (Å²) in [7, 11) is 0. The third-order valence-electron chi connectivity index (χ3n) is 2.02. The molecule has 0 unspecified atom stereocenters. The maximum absolute atomic E-state index is 13.1. The Kier molecular flexibility index (Phi) is 3.21. The number of hydrogen-bond donors (Lipinski definition) is 1. The summed E-state index contributed by atoms with van der Waals surface area (Å²) in [6, 6.07) is 3.96. The van der Waals surface area contributed by atoms with Crippen LogP contribution in [0.15, 0.2) is 24.3 Å². The number of rotatable bonds is 4. The minimum Gasteiger partial charge on any atom is -0.329 e. The van der Waals surface area contributed by atoms with Gasteiger partial charge in [0.25, 0.3) is 0 Å². The van der Waals surface area contributed by atoms with Crippen molar-refractivity contribution in [2.45, 2.75) is 18.8 Å². The first-order chi connectivity index (χ1) is 7.29. The minimum absolute atomic E-state index is 0.157. The number of carbonyl (C=O) groups excluding carboxylic acids is 1. The van der Waals surface area contributed by atoms with Crippen molar-refractivity contribution in [3.8, 4) is 0 Å². The highest BCUT2D eigenvalue weighted by Gasteiger charge is 2.53. The number of halogens is 4. The Morgan fingerprint density at radius 1 is 1.12 bits per heavy atom. The average Bonchev–Trinajstić information content (AvgIpc) is 2.17. The molecular formula is C10H9F4NO. The molecule has 6 heteroatoms. The fourth-order valence-electron chi connectivity index (χ4n) is 1.10. The van der Waals surface area contributed by atoms with Crippen molar-refractivity contribution in [1.29, 1.82) is 0 Å². The smallest absolute Gasteiger partial charge is 0.329 e. The van der Waals surface area contributed by atoms with Gasteiger partial charge < -0.3 is 5.32 Å². The molecule has 1 N–H and O–H groups in total. The van der Waals surface area contributed by atoms with Crippen LogP contribution in [0.25, 0.3) is 0 Å². The van der Waals surface area contributed by atoms with Crippen LogP contribution in [0.2, 0.25) is 0 Å². The minimum atomic E-state index is -4.23. The van der Waals surface area contributed by atoms with Gasteiger partial charge in [-0.15, -0.1) is 0 Å². The van der Waals surface area contributed by atoms with Crippen LogP contribution in [0.4, 0.5) is 23.2 Å². The van der Waals surface area contributed by atoms with Gasteiger partial charge in [0, 0.05) is 18.2 Å². The molecule has 1 aromatic carbocycles. The molecule has 0 bridgehead atoms. The van der Waals surface area contributed by atoms with Crippen molar-refractivity contribution in [2.24, 2.45) is 0 Å². The van der Waals surface area contributed by atoms with Crippen LogP contribution in [0.5, 0.6) is 0 Å². The van der Waals surface area contributed by atoms with Crippen molar-refractivity contribution in [3.63, 3.8) is 0 Å². The normalized spacial score (nSPS) is 12.3. The summed E-state index contributed by atoms with van der Waals surface area (Å²) >= 11 is 0. The Balaban J connectivity index is 3.01. The quantitative estimate of drug-likeness (QED) is 0.630. The second kappa shape index (κ2) is 4.11. The predicted molar refractivity (Wildman–Crippen MR) is 50.6 cm³/mol. The van der Waals surface area contributed by atoms with Crippen molar-refractivity contribution >= 4 is 12.1 Å². The molecule has 0 saturated heterocycles. The summed E-state index contributed by atoms with van der Waals surface area (Å²) in [5.41, 5.74) is -0.537. The molecule has 88 valence electrons. The van der Waals surface area contributed by atoms with E-state index in [1.165, 1.54) is 0 Å². The van der Waals surface area contributed by atoms with Gasteiger partial charge in [-0.25, -0.2) is 0 Å². The van der Waals surface area contributed by atoms with Crippen LogP contribution in [0.1, 0.15) is 12.5 Å². The maximum atomic E-state index is 13.1. The number of carbonyl (C=O) groups is 1. The zero-order valence-corrected chi connectivity index (χ0v) is 8.31. The number of amides is 1.